The number of ether oxygens (including phenoxy) is 2. The van der Waals surface area contributed by atoms with E-state index in [0.29, 0.717) is 35.1 Å². The van der Waals surface area contributed by atoms with Crippen molar-refractivity contribution in [3.05, 3.63) is 85.8 Å². The van der Waals surface area contributed by atoms with E-state index >= 15 is 8.78 Å². The number of pyridine rings is 1. The number of methoxy groups -OCH3 is 1. The summed E-state index contributed by atoms with van der Waals surface area (Å²) in [5.74, 6) is -4.73. The third-order valence-corrected chi connectivity index (χ3v) is 9.39. The summed E-state index contributed by atoms with van der Waals surface area (Å²) in [5.41, 5.74) is -5.50. The lowest BCUT2D eigenvalue weighted by molar-refractivity contribution is -0.153. The Balaban J connectivity index is 1.90. The van der Waals surface area contributed by atoms with Gasteiger partial charge in [0.25, 0.3) is 5.56 Å². The molecule has 2 aromatic carbocycles. The van der Waals surface area contributed by atoms with Crippen LogP contribution in [0.4, 0.5) is 22.0 Å². The monoisotopic (exact) mass is 735 g/mol. The van der Waals surface area contributed by atoms with Gasteiger partial charge < -0.3 is 29.4 Å². The predicted molar refractivity (Wildman–Crippen MR) is 185 cm³/mol. The van der Waals surface area contributed by atoms with Crippen molar-refractivity contribution < 1.29 is 46.1 Å². The first-order valence-corrected chi connectivity index (χ1v) is 17.2. The Labute approximate surface area is 299 Å². The van der Waals surface area contributed by atoms with Crippen LogP contribution in [0.1, 0.15) is 79.5 Å². The van der Waals surface area contributed by atoms with E-state index in [2.05, 4.69) is 5.32 Å². The van der Waals surface area contributed by atoms with Crippen LogP contribution in [0.25, 0.3) is 11.1 Å². The molecule has 4 rings (SSSR count). The summed E-state index contributed by atoms with van der Waals surface area (Å²) in [6.45, 7) is 11.2. The number of hydrogen-bond donors (Lipinski definition) is 2. The molecule has 0 bridgehead atoms. The van der Waals surface area contributed by atoms with Gasteiger partial charge in [0.15, 0.2) is 5.72 Å². The Morgan fingerprint density at radius 3 is 2.27 bits per heavy atom. The van der Waals surface area contributed by atoms with Crippen LogP contribution in [0.15, 0.2) is 35.3 Å². The fourth-order valence-electron chi connectivity index (χ4n) is 6.66. The molecule has 1 saturated heterocycles. The van der Waals surface area contributed by atoms with Crippen LogP contribution in [-0.4, -0.2) is 59.8 Å². The number of amides is 1. The number of aliphatic hydroxyl groups is 1. The van der Waals surface area contributed by atoms with Gasteiger partial charge in [-0.3, -0.25) is 14.4 Å². The smallest absolute Gasteiger partial charge is 0.416 e. The number of hydrogen-bond acceptors (Lipinski definition) is 7. The fourth-order valence-corrected chi connectivity index (χ4v) is 6.66. The van der Waals surface area contributed by atoms with E-state index in [1.54, 1.807) is 39.8 Å². The van der Waals surface area contributed by atoms with Crippen molar-refractivity contribution in [2.75, 3.05) is 33.4 Å². The number of halogens is 5. The van der Waals surface area contributed by atoms with Gasteiger partial charge in [0, 0.05) is 24.4 Å². The maximum Gasteiger partial charge on any atom is 0.416 e. The number of rotatable bonds is 14. The van der Waals surface area contributed by atoms with E-state index in [-0.39, 0.29) is 42.1 Å². The largest absolute Gasteiger partial charge is 0.496 e. The highest BCUT2D eigenvalue weighted by Gasteiger charge is 2.43. The van der Waals surface area contributed by atoms with Crippen LogP contribution in [0.3, 0.4) is 0 Å². The summed E-state index contributed by atoms with van der Waals surface area (Å²) in [6.07, 6.45) is -4.28. The van der Waals surface area contributed by atoms with Gasteiger partial charge in [-0.05, 0) is 106 Å². The second-order valence-electron chi connectivity index (χ2n) is 13.7. The first-order chi connectivity index (χ1) is 24.3. The van der Waals surface area contributed by atoms with Crippen molar-refractivity contribution in [3.63, 3.8) is 0 Å². The van der Waals surface area contributed by atoms with Crippen LogP contribution in [-0.2, 0) is 32.6 Å². The highest BCUT2D eigenvalue weighted by molar-refractivity contribution is 5.83. The second-order valence-corrected chi connectivity index (χ2v) is 13.7. The zero-order valence-corrected chi connectivity index (χ0v) is 30.5. The molecule has 0 aliphatic carbocycles. The number of aryl methyl sites for hydroxylation is 2. The molecule has 0 radical (unpaired) electrons. The Morgan fingerprint density at radius 1 is 1.04 bits per heavy atom. The molecule has 14 heteroatoms. The number of carbonyl (C=O) groups excluding carboxylic acids is 2. The van der Waals surface area contributed by atoms with Gasteiger partial charge in [0.05, 0.1) is 31.3 Å². The second kappa shape index (κ2) is 16.2. The van der Waals surface area contributed by atoms with Crippen molar-refractivity contribution in [2.45, 2.75) is 85.2 Å². The van der Waals surface area contributed by atoms with Crippen LogP contribution < -0.4 is 15.6 Å². The highest BCUT2D eigenvalue weighted by atomic mass is 19.4. The summed E-state index contributed by atoms with van der Waals surface area (Å²) in [7, 11) is 1.43. The third-order valence-electron chi connectivity index (χ3n) is 9.39. The molecule has 0 saturated carbocycles. The molecule has 1 unspecified atom stereocenters. The number of esters is 1. The Hall–Kier alpha value is -4.30. The summed E-state index contributed by atoms with van der Waals surface area (Å²) < 4.78 is 86.6. The van der Waals surface area contributed by atoms with Crippen LogP contribution in [0.5, 0.6) is 5.75 Å². The quantitative estimate of drug-likeness (QED) is 0.111. The molecule has 9 nitrogen and oxygen atoms in total. The van der Waals surface area contributed by atoms with E-state index in [0.717, 1.165) is 30.3 Å². The standard InChI is InChI=1S/C38H46F5N3O6/c1-8-52-31(48)19-37(50,33-34(39)23(5)17-26(35(33)40)32-22(4)10-11-29(51-7)24(32)6)44-36(49)28(16-21(2)3)46-20-25(12-15-45-13-9-14-45)27(18-30(46)47)38(41,42)43/h10-11,17-18,20-21,28,50H,8-9,12-16,19H2,1-7H3,(H,44,49)/t28?,37-/m0/s1. The number of nitrogens with one attached hydrogen (secondary N) is 1. The van der Waals surface area contributed by atoms with Gasteiger partial charge in [-0.2, -0.15) is 13.2 Å². The molecule has 1 fully saturated rings. The molecule has 52 heavy (non-hydrogen) atoms. The number of nitrogens with zero attached hydrogens (tertiary/aromatic N) is 2. The Kier molecular flexibility index (Phi) is 12.6. The number of carbonyl (C=O) groups is 2. The molecule has 1 aliphatic rings. The van der Waals surface area contributed by atoms with Gasteiger partial charge >= 0.3 is 12.1 Å². The molecule has 1 aromatic heterocycles. The Morgan fingerprint density at radius 2 is 1.71 bits per heavy atom. The number of alkyl halides is 3. The van der Waals surface area contributed by atoms with E-state index in [4.69, 9.17) is 9.47 Å². The zero-order valence-electron chi connectivity index (χ0n) is 30.5. The highest BCUT2D eigenvalue weighted by Crippen LogP contribution is 2.41. The van der Waals surface area contributed by atoms with Crippen molar-refractivity contribution in [2.24, 2.45) is 5.92 Å². The molecule has 2 N–H and O–H groups in total. The Bertz CT molecular complexity index is 1870. The zero-order chi connectivity index (χ0) is 38.7. The van der Waals surface area contributed by atoms with E-state index in [1.165, 1.54) is 27.0 Å². The topological polar surface area (TPSA) is 110 Å². The van der Waals surface area contributed by atoms with Gasteiger partial charge in [-0.15, -0.1) is 0 Å². The van der Waals surface area contributed by atoms with Crippen LogP contribution in [0.2, 0.25) is 0 Å². The normalized spacial score (nSPS) is 15.2. The van der Waals surface area contributed by atoms with Crippen molar-refractivity contribution in [3.8, 4) is 16.9 Å². The van der Waals surface area contributed by atoms with Gasteiger partial charge in [-0.1, -0.05) is 19.9 Å². The number of benzene rings is 2. The third kappa shape index (κ3) is 8.66. The lowest BCUT2D eigenvalue weighted by Crippen LogP contribution is -2.52. The molecular weight excluding hydrogens is 689 g/mol. The SMILES string of the molecule is CCOC(=O)C[C@@](O)(NC(=O)C(CC(C)C)n1cc(CCN2CCC2)c(C(F)(F)F)cc1=O)c1c(F)c(C)cc(-c2c(C)ccc(OC)c2C)c1F. The molecule has 2 heterocycles. The molecule has 1 aliphatic heterocycles. The van der Waals surface area contributed by atoms with E-state index in [9.17, 15) is 32.7 Å². The summed E-state index contributed by atoms with van der Waals surface area (Å²) in [5, 5.41) is 14.4. The average molecular weight is 736 g/mol. The van der Waals surface area contributed by atoms with Crippen LogP contribution in [0, 0.1) is 38.3 Å². The lowest BCUT2D eigenvalue weighted by Gasteiger charge is -2.33. The average Bonchev–Trinajstić information content (AvgIpc) is 3.01. The molecule has 0 spiro atoms. The molecule has 1 amide bonds. The molecule has 2 atom stereocenters. The van der Waals surface area contributed by atoms with Crippen molar-refractivity contribution >= 4 is 11.9 Å². The minimum atomic E-state index is -4.85. The van der Waals surface area contributed by atoms with Crippen molar-refractivity contribution in [1.82, 2.24) is 14.8 Å². The molecule has 3 aromatic rings. The summed E-state index contributed by atoms with van der Waals surface area (Å²) in [4.78, 5) is 42.5. The lowest BCUT2D eigenvalue weighted by atomic mass is 9.87. The summed E-state index contributed by atoms with van der Waals surface area (Å²) >= 11 is 0. The first-order valence-electron chi connectivity index (χ1n) is 17.2. The summed E-state index contributed by atoms with van der Waals surface area (Å²) in [6, 6.07) is 3.46. The van der Waals surface area contributed by atoms with Crippen LogP contribution >= 0.6 is 0 Å². The van der Waals surface area contributed by atoms with Gasteiger partial charge in [0.2, 0.25) is 5.91 Å². The van der Waals surface area contributed by atoms with Gasteiger partial charge in [0.1, 0.15) is 23.4 Å². The minimum Gasteiger partial charge on any atom is -0.496 e. The van der Waals surface area contributed by atoms with Gasteiger partial charge in [-0.25, -0.2) is 8.78 Å². The maximum absolute atomic E-state index is 16.9. The first kappa shape index (κ1) is 40.5. The molecular formula is C38H46F5N3O6. The maximum atomic E-state index is 16.9. The number of likely N-dealkylation sites (tertiary alicyclic amines) is 1. The minimum absolute atomic E-state index is 0.0659. The van der Waals surface area contributed by atoms with E-state index < -0.39 is 64.6 Å². The predicted octanol–water partition coefficient (Wildman–Crippen LogP) is 6.50. The van der Waals surface area contributed by atoms with Crippen molar-refractivity contribution in [1.29, 1.82) is 0 Å². The number of aromatic nitrogens is 1. The fraction of sp³-hybridized carbons (Fsp3) is 0.500. The molecule has 284 valence electrons. The van der Waals surface area contributed by atoms with E-state index in [1.807, 2.05) is 4.90 Å².